The highest BCUT2D eigenvalue weighted by atomic mass is 19.4. The maximum atomic E-state index is 14.9. The largest absolute Gasteiger partial charge is 0.431 e. The molecule has 0 unspecified atom stereocenters. The summed E-state index contributed by atoms with van der Waals surface area (Å²) >= 11 is 0. The Morgan fingerprint density at radius 1 is 1.31 bits per heavy atom. The molecule has 5 N–H and O–H groups in total. The first-order valence-electron chi connectivity index (χ1n) is 11.0. The van der Waals surface area contributed by atoms with Gasteiger partial charge in [-0.2, -0.15) is 13.2 Å². The van der Waals surface area contributed by atoms with Gasteiger partial charge >= 0.3 is 6.18 Å². The minimum absolute atomic E-state index is 0.00436. The number of benzene rings is 1. The normalized spacial score (nSPS) is 20.5. The van der Waals surface area contributed by atoms with Gasteiger partial charge in [0.15, 0.2) is 0 Å². The fourth-order valence-electron chi connectivity index (χ4n) is 3.87. The predicted molar refractivity (Wildman–Crippen MR) is 126 cm³/mol. The van der Waals surface area contributed by atoms with E-state index >= 15 is 0 Å². The fraction of sp³-hybridized carbons (Fsp3) is 0.435. The Kier molecular flexibility index (Phi) is 8.15. The highest BCUT2D eigenvalue weighted by Crippen LogP contribution is 2.30. The fourth-order valence-corrected chi connectivity index (χ4v) is 3.87. The number of nitrogens with zero attached hydrogens (tertiary/aromatic N) is 3. The molecular weight excluding hydrogens is 468 g/mol. The van der Waals surface area contributed by atoms with E-state index in [9.17, 15) is 22.4 Å². The number of ether oxygens (including phenoxy) is 1. The van der Waals surface area contributed by atoms with E-state index < -0.39 is 23.3 Å². The Labute approximate surface area is 200 Å². The van der Waals surface area contributed by atoms with Crippen molar-refractivity contribution in [2.45, 2.75) is 32.0 Å². The summed E-state index contributed by atoms with van der Waals surface area (Å²) in [7, 11) is 1.28. The number of amides is 1. The molecule has 8 nitrogen and oxygen atoms in total. The average Bonchev–Trinajstić information content (AvgIpc) is 3.31. The van der Waals surface area contributed by atoms with Crippen molar-refractivity contribution in [2.75, 3.05) is 33.4 Å². The SMILES string of the molecule is CN=CC(=C(N)C(F)(F)F)c1ccc(N=C(N)C2=C(N[C@@H]3CCOC3)CCN(C(C)=O)C2)c(F)c1. The Hall–Kier alpha value is -3.41. The first kappa shape index (κ1) is 26.2. The molecule has 3 rings (SSSR count). The van der Waals surface area contributed by atoms with Crippen LogP contribution < -0.4 is 16.8 Å². The summed E-state index contributed by atoms with van der Waals surface area (Å²) in [6, 6.07) is 3.47. The molecule has 12 heteroatoms. The molecule has 2 aliphatic rings. The molecule has 190 valence electrons. The lowest BCUT2D eigenvalue weighted by atomic mass is 10.0. The van der Waals surface area contributed by atoms with E-state index in [1.807, 2.05) is 0 Å². The van der Waals surface area contributed by atoms with Crippen LogP contribution in [0.2, 0.25) is 0 Å². The van der Waals surface area contributed by atoms with Crippen molar-refractivity contribution in [1.29, 1.82) is 0 Å². The van der Waals surface area contributed by atoms with Crippen LogP contribution in [0.15, 0.2) is 45.2 Å². The van der Waals surface area contributed by atoms with Gasteiger partial charge < -0.3 is 26.4 Å². The number of carbonyl (C=O) groups is 1. The van der Waals surface area contributed by atoms with Gasteiger partial charge in [-0.1, -0.05) is 6.07 Å². The summed E-state index contributed by atoms with van der Waals surface area (Å²) in [5.74, 6) is -1.01. The van der Waals surface area contributed by atoms with Gasteiger partial charge in [-0.3, -0.25) is 9.79 Å². The molecule has 1 atom stereocenters. The molecule has 0 saturated carbocycles. The van der Waals surface area contributed by atoms with Crippen LogP contribution in [0.3, 0.4) is 0 Å². The summed E-state index contributed by atoms with van der Waals surface area (Å²) < 4.78 is 59.6. The van der Waals surface area contributed by atoms with E-state index in [1.165, 1.54) is 26.1 Å². The molecule has 1 amide bonds. The number of nitrogens with two attached hydrogens (primary N) is 2. The number of aliphatic imine (C=N–C) groups is 2. The molecular formula is C23H28F4N6O2. The molecule has 0 aromatic heterocycles. The van der Waals surface area contributed by atoms with Gasteiger partial charge in [0.05, 0.1) is 19.2 Å². The monoisotopic (exact) mass is 496 g/mol. The summed E-state index contributed by atoms with van der Waals surface area (Å²) in [5.41, 5.74) is 10.7. The van der Waals surface area contributed by atoms with Crippen molar-refractivity contribution in [3.8, 4) is 0 Å². The maximum Gasteiger partial charge on any atom is 0.431 e. The third-order valence-electron chi connectivity index (χ3n) is 5.76. The van der Waals surface area contributed by atoms with Crippen molar-refractivity contribution in [3.05, 3.63) is 46.5 Å². The molecule has 0 aliphatic carbocycles. The number of allylic oxidation sites excluding steroid dienone is 2. The number of carbonyl (C=O) groups excluding carboxylic acids is 1. The average molecular weight is 497 g/mol. The lowest BCUT2D eigenvalue weighted by Gasteiger charge is -2.31. The van der Waals surface area contributed by atoms with Gasteiger partial charge in [0.2, 0.25) is 5.91 Å². The van der Waals surface area contributed by atoms with Gasteiger partial charge in [0.1, 0.15) is 23.0 Å². The molecule has 1 aromatic carbocycles. The van der Waals surface area contributed by atoms with Crippen molar-refractivity contribution in [3.63, 3.8) is 0 Å². The topological polar surface area (TPSA) is 118 Å². The maximum absolute atomic E-state index is 14.9. The Morgan fingerprint density at radius 3 is 2.63 bits per heavy atom. The summed E-state index contributed by atoms with van der Waals surface area (Å²) in [6.07, 6.45) is -2.55. The third kappa shape index (κ3) is 6.38. The van der Waals surface area contributed by atoms with Crippen molar-refractivity contribution < 1.29 is 27.1 Å². The highest BCUT2D eigenvalue weighted by molar-refractivity contribution is 6.11. The summed E-state index contributed by atoms with van der Waals surface area (Å²) in [6.45, 7) is 3.32. The first-order valence-corrected chi connectivity index (χ1v) is 11.0. The predicted octanol–water partition coefficient (Wildman–Crippen LogP) is 2.63. The van der Waals surface area contributed by atoms with Gasteiger partial charge in [-0.15, -0.1) is 0 Å². The summed E-state index contributed by atoms with van der Waals surface area (Å²) in [4.78, 5) is 21.3. The molecule has 1 aromatic rings. The van der Waals surface area contributed by atoms with Crippen LogP contribution in [-0.4, -0.2) is 68.4 Å². The Morgan fingerprint density at radius 2 is 2.06 bits per heavy atom. The molecule has 2 heterocycles. The minimum Gasteiger partial charge on any atom is -0.394 e. The number of rotatable bonds is 6. The zero-order chi connectivity index (χ0) is 25.8. The zero-order valence-electron chi connectivity index (χ0n) is 19.5. The van der Waals surface area contributed by atoms with Gasteiger partial charge in [-0.25, -0.2) is 9.38 Å². The molecule has 35 heavy (non-hydrogen) atoms. The number of hydrogen-bond donors (Lipinski definition) is 3. The van der Waals surface area contributed by atoms with E-state index in [4.69, 9.17) is 16.2 Å². The van der Waals surface area contributed by atoms with Crippen LogP contribution in [-0.2, 0) is 9.53 Å². The second-order valence-electron chi connectivity index (χ2n) is 8.23. The minimum atomic E-state index is -4.81. The van der Waals surface area contributed by atoms with Crippen molar-refractivity contribution in [1.82, 2.24) is 10.2 Å². The van der Waals surface area contributed by atoms with Crippen LogP contribution >= 0.6 is 0 Å². The van der Waals surface area contributed by atoms with E-state index in [-0.39, 0.29) is 35.6 Å². The first-order chi connectivity index (χ1) is 16.5. The van der Waals surface area contributed by atoms with E-state index in [0.717, 1.165) is 24.4 Å². The van der Waals surface area contributed by atoms with Crippen molar-refractivity contribution >= 4 is 29.2 Å². The molecule has 0 bridgehead atoms. The van der Waals surface area contributed by atoms with E-state index in [0.29, 0.717) is 31.8 Å². The number of halogens is 4. The smallest absolute Gasteiger partial charge is 0.394 e. The highest BCUT2D eigenvalue weighted by Gasteiger charge is 2.34. The Bertz CT molecular complexity index is 1090. The van der Waals surface area contributed by atoms with Crippen molar-refractivity contribution in [2.24, 2.45) is 21.5 Å². The standard InChI is InChI=1S/C23H28F4N6O2/c1-13(34)33-7-5-19(31-15-6-8-35-12-15)17(11-33)22(29)32-20-4-3-14(9-18(20)24)16(10-30-2)21(28)23(25,26)27/h3-4,9-10,15,31H,5-8,11-12,28H2,1-2H3,(H2,29,32)/t15-/m1/s1. The van der Waals surface area contributed by atoms with Crippen LogP contribution in [0, 0.1) is 5.82 Å². The van der Waals surface area contributed by atoms with Crippen LogP contribution in [0.5, 0.6) is 0 Å². The lowest BCUT2D eigenvalue weighted by molar-refractivity contribution is -0.128. The zero-order valence-corrected chi connectivity index (χ0v) is 19.5. The molecule has 0 spiro atoms. The van der Waals surface area contributed by atoms with Gasteiger partial charge in [-0.05, 0) is 24.1 Å². The van der Waals surface area contributed by atoms with Crippen LogP contribution in [0.1, 0.15) is 25.3 Å². The number of nitrogens with one attached hydrogen (secondary N) is 1. The van der Waals surface area contributed by atoms with Crippen LogP contribution in [0.25, 0.3) is 5.57 Å². The number of amidine groups is 1. The van der Waals surface area contributed by atoms with E-state index in [1.54, 1.807) is 4.90 Å². The molecule has 1 saturated heterocycles. The number of alkyl halides is 3. The van der Waals surface area contributed by atoms with Gasteiger partial charge in [0.25, 0.3) is 0 Å². The Balaban J connectivity index is 1.97. The molecule has 2 aliphatic heterocycles. The third-order valence-corrected chi connectivity index (χ3v) is 5.76. The lowest BCUT2D eigenvalue weighted by Crippen LogP contribution is -2.43. The van der Waals surface area contributed by atoms with Gasteiger partial charge in [0, 0.05) is 56.6 Å². The summed E-state index contributed by atoms with van der Waals surface area (Å²) in [5, 5.41) is 3.39. The quantitative estimate of drug-likeness (QED) is 0.318. The molecule has 1 fully saturated rings. The second kappa shape index (κ2) is 10.9. The van der Waals surface area contributed by atoms with Crippen LogP contribution in [0.4, 0.5) is 23.2 Å². The van der Waals surface area contributed by atoms with E-state index in [2.05, 4.69) is 15.3 Å². The number of hydrogen-bond acceptors (Lipinski definition) is 6. The second-order valence-corrected chi connectivity index (χ2v) is 8.23. The molecule has 0 radical (unpaired) electrons.